The van der Waals surface area contributed by atoms with Crippen LogP contribution in [-0.2, 0) is 13.6 Å². The van der Waals surface area contributed by atoms with E-state index in [1.54, 1.807) is 19.5 Å². The number of hydrogen-bond acceptors (Lipinski definition) is 6. The van der Waals surface area contributed by atoms with E-state index in [-0.39, 0.29) is 0 Å². The minimum atomic E-state index is 0.432. The number of ether oxygens (including phenoxy) is 1. The highest BCUT2D eigenvalue weighted by molar-refractivity contribution is 5.79. The van der Waals surface area contributed by atoms with Gasteiger partial charge in [0.05, 0.1) is 18.1 Å². The van der Waals surface area contributed by atoms with Crippen molar-refractivity contribution in [1.29, 1.82) is 0 Å². The van der Waals surface area contributed by atoms with Gasteiger partial charge in [-0.25, -0.2) is 19.9 Å². The average Bonchev–Trinajstić information content (AvgIpc) is 3.07. The molecule has 0 spiro atoms. The maximum atomic E-state index is 6.24. The number of aliphatic imine (C=N–C) groups is 1. The summed E-state index contributed by atoms with van der Waals surface area (Å²) in [6.45, 7) is 3.63. The van der Waals surface area contributed by atoms with Gasteiger partial charge in [-0.15, -0.1) is 0 Å². The molecule has 0 radical (unpaired) electrons. The number of nitrogens with two attached hydrogens (primary N) is 1. The van der Waals surface area contributed by atoms with E-state index in [0.29, 0.717) is 12.5 Å². The Balaban J connectivity index is 1.41. The van der Waals surface area contributed by atoms with Gasteiger partial charge >= 0.3 is 0 Å². The number of hydrogen-bond donors (Lipinski definition) is 1. The topological polar surface area (TPSA) is 97.7 Å². The van der Waals surface area contributed by atoms with Crippen molar-refractivity contribution in [3.8, 4) is 5.75 Å². The molecule has 0 bridgehead atoms. The smallest absolute Gasteiger partial charge is 0.225 e. The minimum absolute atomic E-state index is 0.432. The van der Waals surface area contributed by atoms with E-state index in [9.17, 15) is 0 Å². The first kappa shape index (κ1) is 18.0. The highest BCUT2D eigenvalue weighted by Crippen LogP contribution is 2.21. The summed E-state index contributed by atoms with van der Waals surface area (Å²) in [4.78, 5) is 22.1. The number of methoxy groups -OCH3 is 1. The molecule has 1 aliphatic rings. The second-order valence-electron chi connectivity index (χ2n) is 6.64. The molecule has 2 N–H and O–H groups in total. The van der Waals surface area contributed by atoms with Gasteiger partial charge in [0.15, 0.2) is 5.96 Å². The van der Waals surface area contributed by atoms with Crippen LogP contribution in [0.2, 0.25) is 0 Å². The lowest BCUT2D eigenvalue weighted by Crippen LogP contribution is -2.51. The highest BCUT2D eigenvalue weighted by Gasteiger charge is 2.20. The number of anilines is 1. The number of benzene rings is 1. The van der Waals surface area contributed by atoms with Crippen LogP contribution in [0.4, 0.5) is 5.95 Å². The molecule has 9 nitrogen and oxygen atoms in total. The molecule has 3 heterocycles. The Morgan fingerprint density at radius 2 is 1.93 bits per heavy atom. The normalized spacial score (nSPS) is 15.3. The van der Waals surface area contributed by atoms with Crippen LogP contribution in [0.3, 0.4) is 0 Å². The Morgan fingerprint density at radius 1 is 1.18 bits per heavy atom. The number of fused-ring (bicyclic) bond motifs is 1. The van der Waals surface area contributed by atoms with E-state index in [0.717, 1.165) is 54.7 Å². The zero-order chi connectivity index (χ0) is 19.5. The molecule has 0 aliphatic carbocycles. The van der Waals surface area contributed by atoms with Gasteiger partial charge in [0.1, 0.15) is 18.1 Å². The zero-order valence-corrected chi connectivity index (χ0v) is 16.1. The van der Waals surface area contributed by atoms with Crippen molar-refractivity contribution in [2.45, 2.75) is 6.54 Å². The van der Waals surface area contributed by atoms with Crippen LogP contribution in [-0.4, -0.2) is 63.7 Å². The number of piperazine rings is 1. The van der Waals surface area contributed by atoms with Crippen molar-refractivity contribution in [1.82, 2.24) is 24.4 Å². The van der Waals surface area contributed by atoms with E-state index in [1.165, 1.54) is 0 Å². The molecule has 1 fully saturated rings. The van der Waals surface area contributed by atoms with Crippen molar-refractivity contribution in [2.75, 3.05) is 38.2 Å². The van der Waals surface area contributed by atoms with E-state index in [4.69, 9.17) is 10.5 Å². The van der Waals surface area contributed by atoms with Gasteiger partial charge in [-0.05, 0) is 18.2 Å². The third kappa shape index (κ3) is 3.55. The first-order valence-electron chi connectivity index (χ1n) is 9.22. The Labute approximate surface area is 163 Å². The molecule has 1 saturated heterocycles. The van der Waals surface area contributed by atoms with E-state index in [1.807, 2.05) is 35.9 Å². The zero-order valence-electron chi connectivity index (χ0n) is 16.1. The number of rotatable bonds is 4. The summed E-state index contributed by atoms with van der Waals surface area (Å²) in [5, 5.41) is 0. The first-order chi connectivity index (χ1) is 13.7. The highest BCUT2D eigenvalue weighted by atomic mass is 16.5. The lowest BCUT2D eigenvalue weighted by molar-refractivity contribution is 0.378. The SMILES string of the molecule is COc1ccc2c(c1)nc(CN=C(N)N1CCN(c3ncccn3)CC1)n2C. The number of nitrogens with zero attached hydrogens (tertiary/aromatic N) is 7. The third-order valence-electron chi connectivity index (χ3n) is 5.00. The van der Waals surface area contributed by atoms with E-state index >= 15 is 0 Å². The Morgan fingerprint density at radius 3 is 2.64 bits per heavy atom. The fourth-order valence-corrected chi connectivity index (χ4v) is 3.34. The predicted octanol–water partition coefficient (Wildman–Crippen LogP) is 1.01. The number of aromatic nitrogens is 4. The van der Waals surface area contributed by atoms with Gasteiger partial charge in [-0.1, -0.05) is 0 Å². The summed E-state index contributed by atoms with van der Waals surface area (Å²) in [5.74, 6) is 2.95. The van der Waals surface area contributed by atoms with Crippen LogP contribution >= 0.6 is 0 Å². The quantitative estimate of drug-likeness (QED) is 0.533. The Hall–Kier alpha value is -3.36. The largest absolute Gasteiger partial charge is 0.497 e. The fourth-order valence-electron chi connectivity index (χ4n) is 3.34. The average molecular weight is 380 g/mol. The summed E-state index contributed by atoms with van der Waals surface area (Å²) < 4.78 is 7.31. The standard InChI is InChI=1S/C19H24N8O/c1-25-16-5-4-14(28-2)12-15(16)24-17(25)13-23-18(20)26-8-10-27(11-9-26)19-21-6-3-7-22-19/h3-7,12H,8-11,13H2,1-2H3,(H2,20,23). The van der Waals surface area contributed by atoms with E-state index in [2.05, 4.69) is 29.7 Å². The minimum Gasteiger partial charge on any atom is -0.497 e. The summed E-state index contributed by atoms with van der Waals surface area (Å²) in [5.41, 5.74) is 8.17. The first-order valence-corrected chi connectivity index (χ1v) is 9.22. The maximum Gasteiger partial charge on any atom is 0.225 e. The van der Waals surface area contributed by atoms with Crippen LogP contribution < -0.4 is 15.4 Å². The van der Waals surface area contributed by atoms with E-state index < -0.39 is 0 Å². The molecule has 0 saturated carbocycles. The lowest BCUT2D eigenvalue weighted by atomic mass is 10.3. The molecule has 4 rings (SSSR count). The summed E-state index contributed by atoms with van der Waals surface area (Å²) in [6.07, 6.45) is 3.52. The summed E-state index contributed by atoms with van der Waals surface area (Å²) >= 11 is 0. The van der Waals surface area contributed by atoms with Crippen molar-refractivity contribution in [2.24, 2.45) is 17.8 Å². The van der Waals surface area contributed by atoms with Crippen LogP contribution in [0.1, 0.15) is 5.82 Å². The van der Waals surface area contributed by atoms with Gasteiger partial charge in [-0.3, -0.25) is 0 Å². The van der Waals surface area contributed by atoms with Gasteiger partial charge in [-0.2, -0.15) is 0 Å². The van der Waals surface area contributed by atoms with Gasteiger partial charge in [0.2, 0.25) is 5.95 Å². The number of guanidine groups is 1. The van der Waals surface area contributed by atoms with Crippen molar-refractivity contribution < 1.29 is 4.74 Å². The molecule has 1 aliphatic heterocycles. The molecule has 1 aromatic carbocycles. The third-order valence-corrected chi connectivity index (χ3v) is 5.00. The van der Waals surface area contributed by atoms with Gasteiger partial charge in [0, 0.05) is 51.7 Å². The molecule has 28 heavy (non-hydrogen) atoms. The van der Waals surface area contributed by atoms with Gasteiger partial charge in [0.25, 0.3) is 0 Å². The molecular weight excluding hydrogens is 356 g/mol. The molecule has 0 unspecified atom stereocenters. The molecule has 0 amide bonds. The second kappa shape index (κ2) is 7.71. The maximum absolute atomic E-state index is 6.24. The molecule has 0 atom stereocenters. The molecular formula is C19H24N8O. The van der Waals surface area contributed by atoms with Crippen molar-refractivity contribution in [3.63, 3.8) is 0 Å². The fraction of sp³-hybridized carbons (Fsp3) is 0.368. The molecule has 2 aromatic heterocycles. The molecule has 3 aromatic rings. The number of aryl methyl sites for hydroxylation is 1. The van der Waals surface area contributed by atoms with Gasteiger partial charge < -0.3 is 24.8 Å². The summed E-state index contributed by atoms with van der Waals surface area (Å²) in [7, 11) is 3.64. The van der Waals surface area contributed by atoms with Crippen LogP contribution in [0, 0.1) is 0 Å². The Kier molecular flexibility index (Phi) is 4.96. The lowest BCUT2D eigenvalue weighted by Gasteiger charge is -2.35. The van der Waals surface area contributed by atoms with Crippen molar-refractivity contribution in [3.05, 3.63) is 42.5 Å². The molecule has 9 heteroatoms. The predicted molar refractivity (Wildman–Crippen MR) is 108 cm³/mol. The van der Waals surface area contributed by atoms with Crippen LogP contribution in [0.5, 0.6) is 5.75 Å². The van der Waals surface area contributed by atoms with Crippen LogP contribution in [0.25, 0.3) is 11.0 Å². The molecule has 146 valence electrons. The summed E-state index contributed by atoms with van der Waals surface area (Å²) in [6, 6.07) is 7.68. The monoisotopic (exact) mass is 380 g/mol. The van der Waals surface area contributed by atoms with Crippen molar-refractivity contribution >= 4 is 22.9 Å². The second-order valence-corrected chi connectivity index (χ2v) is 6.64. The van der Waals surface area contributed by atoms with Crippen LogP contribution in [0.15, 0.2) is 41.7 Å². The number of imidazole rings is 1. The Bertz CT molecular complexity index is 976.